The van der Waals surface area contributed by atoms with Gasteiger partial charge >= 0.3 is 12.2 Å². The van der Waals surface area contributed by atoms with Crippen molar-refractivity contribution >= 4 is 12.2 Å². The van der Waals surface area contributed by atoms with Crippen LogP contribution in [0.4, 0.5) is 9.59 Å². The molecule has 0 aliphatic rings. The van der Waals surface area contributed by atoms with Crippen molar-refractivity contribution in [3.63, 3.8) is 0 Å². The molecule has 1 N–H and O–H groups in total. The van der Waals surface area contributed by atoms with Crippen LogP contribution >= 0.6 is 0 Å². The molecule has 0 fully saturated rings. The van der Waals surface area contributed by atoms with Gasteiger partial charge in [0.2, 0.25) is 0 Å². The molecule has 0 aromatic heterocycles. The molecule has 0 spiro atoms. The summed E-state index contributed by atoms with van der Waals surface area (Å²) in [5.41, 5.74) is 0. The number of carbonyl (C=O) groups is 2. The molecule has 13 heavy (non-hydrogen) atoms. The minimum absolute atomic E-state index is 0.203. The summed E-state index contributed by atoms with van der Waals surface area (Å²) in [6, 6.07) is 0. The van der Waals surface area contributed by atoms with Crippen LogP contribution in [0.1, 0.15) is 13.3 Å². The summed E-state index contributed by atoms with van der Waals surface area (Å²) in [6.45, 7) is 5.50. The first kappa shape index (κ1) is 11.5. The summed E-state index contributed by atoms with van der Waals surface area (Å²) in [5, 5.41) is 1.88. The fourth-order valence-electron chi connectivity index (χ4n) is 0.522. The van der Waals surface area contributed by atoms with E-state index in [9.17, 15) is 9.59 Å². The van der Waals surface area contributed by atoms with Gasteiger partial charge in [0, 0.05) is 0 Å². The number of rotatable bonds is 4. The van der Waals surface area contributed by atoms with Gasteiger partial charge in [-0.15, -0.1) is 6.58 Å². The molecule has 0 rings (SSSR count). The lowest BCUT2D eigenvalue weighted by molar-refractivity contribution is 0.128. The maximum Gasteiger partial charge on any atom is 0.416 e. The molecule has 0 saturated carbocycles. The monoisotopic (exact) mass is 187 g/mol. The van der Waals surface area contributed by atoms with Crippen LogP contribution in [0.5, 0.6) is 0 Å². The Morgan fingerprint density at radius 2 is 2.00 bits per heavy atom. The molecule has 0 aliphatic carbocycles. The number of alkyl carbamates (subject to hydrolysis) is 2. The van der Waals surface area contributed by atoms with Gasteiger partial charge in [0.15, 0.2) is 0 Å². The zero-order chi connectivity index (χ0) is 10.1. The quantitative estimate of drug-likeness (QED) is 0.534. The number of carbonyl (C=O) groups excluding carboxylic acids is 2. The van der Waals surface area contributed by atoms with Gasteiger partial charge in [-0.3, -0.25) is 0 Å². The van der Waals surface area contributed by atoms with Crippen molar-refractivity contribution in [1.29, 1.82) is 0 Å². The fraction of sp³-hybridized carbons (Fsp3) is 0.500. The molecule has 0 aliphatic heterocycles. The van der Waals surface area contributed by atoms with Gasteiger partial charge in [0.05, 0.1) is 13.2 Å². The molecule has 0 radical (unpaired) electrons. The molecular formula is C8H13NO4. The van der Waals surface area contributed by atoms with E-state index in [4.69, 9.17) is 0 Å². The van der Waals surface area contributed by atoms with E-state index < -0.39 is 12.2 Å². The van der Waals surface area contributed by atoms with Gasteiger partial charge in [-0.2, -0.15) is 0 Å². The average Bonchev–Trinajstić information content (AvgIpc) is 2.05. The van der Waals surface area contributed by atoms with E-state index in [1.54, 1.807) is 13.0 Å². The van der Waals surface area contributed by atoms with E-state index in [1.165, 1.54) is 0 Å². The molecule has 74 valence electrons. The minimum Gasteiger partial charge on any atom is -0.449 e. The molecule has 0 saturated heterocycles. The molecule has 0 unspecified atom stereocenters. The van der Waals surface area contributed by atoms with E-state index in [-0.39, 0.29) is 13.2 Å². The van der Waals surface area contributed by atoms with Gasteiger partial charge < -0.3 is 9.47 Å². The average molecular weight is 187 g/mol. The van der Waals surface area contributed by atoms with Crippen LogP contribution in [-0.2, 0) is 9.47 Å². The van der Waals surface area contributed by atoms with E-state index in [2.05, 4.69) is 16.1 Å². The second-order valence-electron chi connectivity index (χ2n) is 2.06. The van der Waals surface area contributed by atoms with Gasteiger partial charge in [-0.05, 0) is 13.3 Å². The van der Waals surface area contributed by atoms with Gasteiger partial charge in [0.1, 0.15) is 0 Å². The Hall–Kier alpha value is -1.52. The Bertz CT molecular complexity index is 191. The highest BCUT2D eigenvalue weighted by Crippen LogP contribution is 1.85. The maximum atomic E-state index is 10.7. The number of hydrogen-bond donors (Lipinski definition) is 1. The van der Waals surface area contributed by atoms with Gasteiger partial charge in [-0.1, -0.05) is 6.08 Å². The smallest absolute Gasteiger partial charge is 0.416 e. The number of ether oxygens (including phenoxy) is 2. The van der Waals surface area contributed by atoms with E-state index >= 15 is 0 Å². The van der Waals surface area contributed by atoms with Crippen molar-refractivity contribution in [2.45, 2.75) is 13.3 Å². The molecule has 0 heterocycles. The van der Waals surface area contributed by atoms with Crippen LogP contribution in [0, 0.1) is 0 Å². The zero-order valence-electron chi connectivity index (χ0n) is 7.54. The number of nitrogens with one attached hydrogen (secondary N) is 1. The lowest BCUT2D eigenvalue weighted by Crippen LogP contribution is -2.31. The molecule has 0 aromatic rings. The molecule has 5 nitrogen and oxygen atoms in total. The van der Waals surface area contributed by atoms with Crippen molar-refractivity contribution in [2.24, 2.45) is 0 Å². The van der Waals surface area contributed by atoms with Crippen molar-refractivity contribution in [1.82, 2.24) is 5.32 Å². The van der Waals surface area contributed by atoms with Gasteiger partial charge in [0.25, 0.3) is 0 Å². The van der Waals surface area contributed by atoms with Gasteiger partial charge in [-0.25, -0.2) is 14.9 Å². The maximum absolute atomic E-state index is 10.7. The van der Waals surface area contributed by atoms with Crippen LogP contribution in [0.2, 0.25) is 0 Å². The first-order valence-corrected chi connectivity index (χ1v) is 3.92. The van der Waals surface area contributed by atoms with E-state index in [1.807, 2.05) is 5.32 Å². The Kier molecular flexibility index (Phi) is 6.31. The number of amides is 2. The third kappa shape index (κ3) is 6.86. The second-order valence-corrected chi connectivity index (χ2v) is 2.06. The van der Waals surface area contributed by atoms with Crippen LogP contribution < -0.4 is 5.32 Å². The van der Waals surface area contributed by atoms with Crippen molar-refractivity contribution in [2.75, 3.05) is 13.2 Å². The third-order valence-corrected chi connectivity index (χ3v) is 1.03. The Morgan fingerprint density at radius 1 is 1.38 bits per heavy atom. The number of imide groups is 1. The summed E-state index contributed by atoms with van der Waals surface area (Å²) in [5.74, 6) is 0. The molecular weight excluding hydrogens is 174 g/mol. The predicted molar refractivity (Wildman–Crippen MR) is 46.3 cm³/mol. The van der Waals surface area contributed by atoms with E-state index in [0.29, 0.717) is 6.42 Å². The van der Waals surface area contributed by atoms with Crippen LogP contribution in [0.25, 0.3) is 0 Å². The highest BCUT2D eigenvalue weighted by atomic mass is 16.6. The highest BCUT2D eigenvalue weighted by Gasteiger charge is 2.07. The summed E-state index contributed by atoms with van der Waals surface area (Å²) in [6.07, 6.45) is 0.555. The minimum atomic E-state index is -0.805. The first-order chi connectivity index (χ1) is 6.20. The first-order valence-electron chi connectivity index (χ1n) is 3.92. The predicted octanol–water partition coefficient (Wildman–Crippen LogP) is 1.45. The molecule has 5 heteroatoms. The normalized spacial score (nSPS) is 8.69. The van der Waals surface area contributed by atoms with E-state index in [0.717, 1.165) is 0 Å². The summed E-state index contributed by atoms with van der Waals surface area (Å²) in [7, 11) is 0. The SMILES string of the molecule is C=CCCOC(=O)NC(=O)OCC. The number of hydrogen-bond acceptors (Lipinski definition) is 4. The highest BCUT2D eigenvalue weighted by molar-refractivity contribution is 5.87. The van der Waals surface area contributed by atoms with Crippen LogP contribution in [0.3, 0.4) is 0 Å². The topological polar surface area (TPSA) is 64.6 Å². The fourth-order valence-corrected chi connectivity index (χ4v) is 0.522. The molecule has 0 atom stereocenters. The Balaban J connectivity index is 3.49. The molecule has 0 bridgehead atoms. The van der Waals surface area contributed by atoms with Crippen molar-refractivity contribution in [3.8, 4) is 0 Å². The Morgan fingerprint density at radius 3 is 2.54 bits per heavy atom. The molecule has 2 amide bonds. The Labute approximate surface area is 76.7 Å². The summed E-state index contributed by atoms with van der Waals surface area (Å²) < 4.78 is 9.03. The lowest BCUT2D eigenvalue weighted by Gasteiger charge is -2.04. The standard InChI is InChI=1S/C8H13NO4/c1-3-5-6-13-8(11)9-7(10)12-4-2/h3H,1,4-6H2,2H3,(H,9,10,11). The largest absolute Gasteiger partial charge is 0.449 e. The molecule has 0 aromatic carbocycles. The third-order valence-electron chi connectivity index (χ3n) is 1.03. The van der Waals surface area contributed by atoms with Crippen LogP contribution in [0.15, 0.2) is 12.7 Å². The summed E-state index contributed by atoms with van der Waals surface area (Å²) in [4.78, 5) is 21.4. The second kappa shape index (κ2) is 7.15. The van der Waals surface area contributed by atoms with Crippen molar-refractivity contribution in [3.05, 3.63) is 12.7 Å². The summed E-state index contributed by atoms with van der Waals surface area (Å²) >= 11 is 0. The van der Waals surface area contributed by atoms with Crippen molar-refractivity contribution < 1.29 is 19.1 Å². The zero-order valence-corrected chi connectivity index (χ0v) is 7.54. The van der Waals surface area contributed by atoms with Crippen LogP contribution in [-0.4, -0.2) is 25.4 Å². The lowest BCUT2D eigenvalue weighted by atomic mass is 10.5.